The highest BCUT2D eigenvalue weighted by Gasteiger charge is 2.31. The summed E-state index contributed by atoms with van der Waals surface area (Å²) in [4.78, 5) is 1.36. The molecule has 0 aliphatic carbocycles. The third kappa shape index (κ3) is 5.82. The molecule has 0 bridgehead atoms. The average molecular weight is 288 g/mol. The zero-order valence-electron chi connectivity index (χ0n) is 12.3. The Kier molecular flexibility index (Phi) is 6.33. The molecule has 0 aliphatic heterocycles. The standard InChI is InChI=1S/C15H23F3N2/c1-4-9-19-10-13-5-7-14(8-6-13)20(12(2)3)11-15(16,17)18/h5-8,12,19H,4,9-11H2,1-3H3. The monoisotopic (exact) mass is 288 g/mol. The van der Waals surface area contributed by atoms with Crippen molar-refractivity contribution >= 4 is 5.69 Å². The molecule has 114 valence electrons. The van der Waals surface area contributed by atoms with Gasteiger partial charge in [-0.2, -0.15) is 13.2 Å². The van der Waals surface area contributed by atoms with Gasteiger partial charge in [0.05, 0.1) is 0 Å². The predicted molar refractivity (Wildman–Crippen MR) is 77.0 cm³/mol. The largest absolute Gasteiger partial charge is 0.405 e. The highest BCUT2D eigenvalue weighted by atomic mass is 19.4. The van der Waals surface area contributed by atoms with E-state index in [1.54, 1.807) is 26.0 Å². The molecule has 1 aromatic rings. The van der Waals surface area contributed by atoms with Crippen LogP contribution in [0.5, 0.6) is 0 Å². The zero-order valence-corrected chi connectivity index (χ0v) is 12.3. The minimum Gasteiger partial charge on any atom is -0.360 e. The SMILES string of the molecule is CCCNCc1ccc(N(CC(F)(F)F)C(C)C)cc1. The van der Waals surface area contributed by atoms with E-state index in [2.05, 4.69) is 12.2 Å². The molecule has 0 aliphatic rings. The molecule has 0 amide bonds. The van der Waals surface area contributed by atoms with Crippen molar-refractivity contribution in [3.63, 3.8) is 0 Å². The maximum Gasteiger partial charge on any atom is 0.405 e. The van der Waals surface area contributed by atoms with Crippen molar-refractivity contribution in [1.29, 1.82) is 0 Å². The van der Waals surface area contributed by atoms with E-state index in [4.69, 9.17) is 0 Å². The first kappa shape index (κ1) is 16.8. The van der Waals surface area contributed by atoms with Crippen molar-refractivity contribution in [1.82, 2.24) is 5.32 Å². The van der Waals surface area contributed by atoms with Crippen LogP contribution in [-0.4, -0.2) is 25.3 Å². The molecule has 2 nitrogen and oxygen atoms in total. The van der Waals surface area contributed by atoms with Crippen LogP contribution >= 0.6 is 0 Å². The molecule has 20 heavy (non-hydrogen) atoms. The first-order valence-electron chi connectivity index (χ1n) is 6.96. The second-order valence-electron chi connectivity index (χ2n) is 5.18. The van der Waals surface area contributed by atoms with Crippen molar-refractivity contribution in [3.05, 3.63) is 29.8 Å². The number of rotatable bonds is 7. The lowest BCUT2D eigenvalue weighted by Crippen LogP contribution is -2.39. The van der Waals surface area contributed by atoms with E-state index < -0.39 is 12.7 Å². The van der Waals surface area contributed by atoms with Gasteiger partial charge >= 0.3 is 6.18 Å². The molecule has 0 aromatic heterocycles. The summed E-state index contributed by atoms with van der Waals surface area (Å²) >= 11 is 0. The number of hydrogen-bond acceptors (Lipinski definition) is 2. The van der Waals surface area contributed by atoms with Gasteiger partial charge in [0.25, 0.3) is 0 Å². The summed E-state index contributed by atoms with van der Waals surface area (Å²) in [5, 5.41) is 3.27. The fourth-order valence-corrected chi connectivity index (χ4v) is 1.98. The molecule has 0 unspecified atom stereocenters. The summed E-state index contributed by atoms with van der Waals surface area (Å²) in [5.74, 6) is 0. The van der Waals surface area contributed by atoms with E-state index in [-0.39, 0.29) is 6.04 Å². The number of nitrogens with one attached hydrogen (secondary N) is 1. The normalized spacial score (nSPS) is 11.9. The van der Waals surface area contributed by atoms with Crippen LogP contribution in [0.4, 0.5) is 18.9 Å². The van der Waals surface area contributed by atoms with Gasteiger partial charge in [-0.15, -0.1) is 0 Å². The molecule has 0 saturated heterocycles. The Balaban J connectivity index is 2.73. The summed E-state index contributed by atoms with van der Waals surface area (Å²) in [6.45, 7) is 6.39. The van der Waals surface area contributed by atoms with Crippen LogP contribution in [0.2, 0.25) is 0 Å². The van der Waals surface area contributed by atoms with Gasteiger partial charge in [-0.25, -0.2) is 0 Å². The Labute approximate surface area is 119 Å². The Morgan fingerprint density at radius 2 is 1.75 bits per heavy atom. The van der Waals surface area contributed by atoms with E-state index in [0.29, 0.717) is 5.69 Å². The lowest BCUT2D eigenvalue weighted by atomic mass is 10.1. The molecule has 1 aromatic carbocycles. The number of benzene rings is 1. The Hall–Kier alpha value is -1.23. The maximum absolute atomic E-state index is 12.6. The van der Waals surface area contributed by atoms with Crippen molar-refractivity contribution in [3.8, 4) is 0 Å². The van der Waals surface area contributed by atoms with Crippen molar-refractivity contribution < 1.29 is 13.2 Å². The average Bonchev–Trinajstić information content (AvgIpc) is 2.36. The number of halogens is 3. The van der Waals surface area contributed by atoms with E-state index in [1.165, 1.54) is 4.90 Å². The summed E-state index contributed by atoms with van der Waals surface area (Å²) in [5.41, 5.74) is 1.69. The molecule has 0 spiro atoms. The van der Waals surface area contributed by atoms with Crippen molar-refractivity contribution in [2.75, 3.05) is 18.0 Å². The maximum atomic E-state index is 12.6. The van der Waals surface area contributed by atoms with Crippen LogP contribution in [0.3, 0.4) is 0 Å². The molecular formula is C15H23F3N2. The highest BCUT2D eigenvalue weighted by Crippen LogP contribution is 2.24. The lowest BCUT2D eigenvalue weighted by Gasteiger charge is -2.30. The van der Waals surface area contributed by atoms with E-state index in [0.717, 1.165) is 25.1 Å². The topological polar surface area (TPSA) is 15.3 Å². The van der Waals surface area contributed by atoms with Gasteiger partial charge in [0.15, 0.2) is 0 Å². The predicted octanol–water partition coefficient (Wildman–Crippen LogP) is 3.96. The van der Waals surface area contributed by atoms with Crippen LogP contribution in [-0.2, 0) is 6.54 Å². The van der Waals surface area contributed by atoms with Gasteiger partial charge in [-0.1, -0.05) is 19.1 Å². The van der Waals surface area contributed by atoms with Gasteiger partial charge in [0, 0.05) is 18.3 Å². The number of alkyl halides is 3. The van der Waals surface area contributed by atoms with Crippen LogP contribution in [0, 0.1) is 0 Å². The molecule has 5 heteroatoms. The lowest BCUT2D eigenvalue weighted by molar-refractivity contribution is -0.120. The first-order chi connectivity index (χ1) is 9.33. The third-order valence-electron chi connectivity index (χ3n) is 3.00. The van der Waals surface area contributed by atoms with Gasteiger partial charge in [0.2, 0.25) is 0 Å². The van der Waals surface area contributed by atoms with E-state index >= 15 is 0 Å². The van der Waals surface area contributed by atoms with Crippen LogP contribution < -0.4 is 10.2 Å². The molecule has 0 saturated carbocycles. The molecule has 1 N–H and O–H groups in total. The Morgan fingerprint density at radius 1 is 1.15 bits per heavy atom. The molecular weight excluding hydrogens is 265 g/mol. The van der Waals surface area contributed by atoms with Gasteiger partial charge in [-0.05, 0) is 44.5 Å². The summed E-state index contributed by atoms with van der Waals surface area (Å²) in [7, 11) is 0. The van der Waals surface area contributed by atoms with E-state index in [9.17, 15) is 13.2 Å². The van der Waals surface area contributed by atoms with Crippen molar-refractivity contribution in [2.45, 2.75) is 46.0 Å². The third-order valence-corrected chi connectivity index (χ3v) is 3.00. The fraction of sp³-hybridized carbons (Fsp3) is 0.600. The minimum atomic E-state index is -4.19. The van der Waals surface area contributed by atoms with Gasteiger partial charge in [0.1, 0.15) is 6.54 Å². The fourth-order valence-electron chi connectivity index (χ4n) is 1.98. The summed E-state index contributed by atoms with van der Waals surface area (Å²) in [6, 6.07) is 7.08. The smallest absolute Gasteiger partial charge is 0.360 e. The molecule has 0 atom stereocenters. The van der Waals surface area contributed by atoms with Crippen LogP contribution in [0.15, 0.2) is 24.3 Å². The van der Waals surface area contributed by atoms with Crippen LogP contribution in [0.25, 0.3) is 0 Å². The first-order valence-corrected chi connectivity index (χ1v) is 6.96. The molecule has 0 radical (unpaired) electrons. The second kappa shape index (κ2) is 7.53. The zero-order chi connectivity index (χ0) is 15.2. The Bertz CT molecular complexity index is 385. The molecule has 0 fully saturated rings. The number of anilines is 1. The van der Waals surface area contributed by atoms with E-state index in [1.807, 2.05) is 12.1 Å². The number of nitrogens with zero attached hydrogens (tertiary/aromatic N) is 1. The quantitative estimate of drug-likeness (QED) is 0.764. The second-order valence-corrected chi connectivity index (χ2v) is 5.18. The summed E-state index contributed by atoms with van der Waals surface area (Å²) in [6.07, 6.45) is -3.13. The molecule has 1 rings (SSSR count). The Morgan fingerprint density at radius 3 is 2.20 bits per heavy atom. The number of hydrogen-bond donors (Lipinski definition) is 1. The highest BCUT2D eigenvalue weighted by molar-refractivity contribution is 5.48. The van der Waals surface area contributed by atoms with Crippen LogP contribution in [0.1, 0.15) is 32.8 Å². The van der Waals surface area contributed by atoms with Crippen molar-refractivity contribution in [2.24, 2.45) is 0 Å². The van der Waals surface area contributed by atoms with Gasteiger partial charge in [-0.3, -0.25) is 0 Å². The molecule has 0 heterocycles. The summed E-state index contributed by atoms with van der Waals surface area (Å²) < 4.78 is 37.8. The minimum absolute atomic E-state index is 0.194. The van der Waals surface area contributed by atoms with Gasteiger partial charge < -0.3 is 10.2 Å².